The summed E-state index contributed by atoms with van der Waals surface area (Å²) < 4.78 is 15.8. The van der Waals surface area contributed by atoms with Gasteiger partial charge < -0.3 is 13.7 Å². The standard InChI is InChI=1S/C15H13NO4/c1-3-18-15(17)13-9(2)20-16-14(13)12-8-10-6-4-5-7-11(10)19-12/h4-8H,3H2,1-2H3. The molecule has 0 fully saturated rings. The number of ether oxygens (including phenoxy) is 1. The van der Waals surface area contributed by atoms with Crippen LogP contribution in [0.15, 0.2) is 39.3 Å². The molecule has 3 aromatic rings. The minimum atomic E-state index is -0.457. The van der Waals surface area contributed by atoms with Crippen molar-refractivity contribution in [2.24, 2.45) is 0 Å². The van der Waals surface area contributed by atoms with Gasteiger partial charge in [-0.15, -0.1) is 0 Å². The normalized spacial score (nSPS) is 10.9. The van der Waals surface area contributed by atoms with Crippen molar-refractivity contribution in [3.05, 3.63) is 41.7 Å². The van der Waals surface area contributed by atoms with Crippen LogP contribution in [0, 0.1) is 6.92 Å². The van der Waals surface area contributed by atoms with Crippen LogP contribution in [0.25, 0.3) is 22.4 Å². The summed E-state index contributed by atoms with van der Waals surface area (Å²) in [5, 5.41) is 4.86. The number of hydrogen-bond acceptors (Lipinski definition) is 5. The largest absolute Gasteiger partial charge is 0.462 e. The van der Waals surface area contributed by atoms with Crippen LogP contribution in [0.5, 0.6) is 0 Å². The van der Waals surface area contributed by atoms with Gasteiger partial charge in [0.05, 0.1) is 6.61 Å². The summed E-state index contributed by atoms with van der Waals surface area (Å²) in [6, 6.07) is 9.42. The van der Waals surface area contributed by atoms with Crippen LogP contribution in [-0.2, 0) is 4.74 Å². The van der Waals surface area contributed by atoms with Crippen LogP contribution in [0.3, 0.4) is 0 Å². The highest BCUT2D eigenvalue weighted by atomic mass is 16.5. The molecular weight excluding hydrogens is 258 g/mol. The number of esters is 1. The molecule has 5 nitrogen and oxygen atoms in total. The van der Waals surface area contributed by atoms with Crippen LogP contribution in [0.1, 0.15) is 23.0 Å². The Hall–Kier alpha value is -2.56. The Labute approximate surface area is 115 Å². The first kappa shape index (κ1) is 12.5. The molecule has 0 saturated carbocycles. The lowest BCUT2D eigenvalue weighted by Gasteiger charge is -2.00. The molecule has 0 aliphatic rings. The highest BCUT2D eigenvalue weighted by molar-refractivity contribution is 5.97. The number of hydrogen-bond donors (Lipinski definition) is 0. The summed E-state index contributed by atoms with van der Waals surface area (Å²) in [4.78, 5) is 12.0. The van der Waals surface area contributed by atoms with Crippen molar-refractivity contribution in [3.63, 3.8) is 0 Å². The minimum Gasteiger partial charge on any atom is -0.462 e. The smallest absolute Gasteiger partial charge is 0.344 e. The average molecular weight is 271 g/mol. The van der Waals surface area contributed by atoms with Gasteiger partial charge in [-0.25, -0.2) is 4.79 Å². The number of aromatic nitrogens is 1. The van der Waals surface area contributed by atoms with E-state index in [4.69, 9.17) is 13.7 Å². The number of aryl methyl sites for hydroxylation is 1. The van der Waals surface area contributed by atoms with Gasteiger partial charge >= 0.3 is 5.97 Å². The van der Waals surface area contributed by atoms with Crippen molar-refractivity contribution in [1.29, 1.82) is 0 Å². The Bertz CT molecular complexity index is 736. The fourth-order valence-corrected chi connectivity index (χ4v) is 2.08. The number of furan rings is 1. The maximum Gasteiger partial charge on any atom is 0.344 e. The molecule has 1 aromatic carbocycles. The molecule has 0 aliphatic carbocycles. The Kier molecular flexibility index (Phi) is 3.02. The van der Waals surface area contributed by atoms with Crippen molar-refractivity contribution in [3.8, 4) is 11.5 Å². The van der Waals surface area contributed by atoms with Gasteiger partial charge in [0, 0.05) is 5.39 Å². The summed E-state index contributed by atoms with van der Waals surface area (Å²) in [7, 11) is 0. The van der Waals surface area contributed by atoms with Gasteiger partial charge in [0.2, 0.25) is 0 Å². The quantitative estimate of drug-likeness (QED) is 0.681. The first-order valence-corrected chi connectivity index (χ1v) is 6.33. The molecule has 20 heavy (non-hydrogen) atoms. The van der Waals surface area contributed by atoms with E-state index in [1.807, 2.05) is 30.3 Å². The van der Waals surface area contributed by atoms with E-state index in [-0.39, 0.29) is 0 Å². The molecule has 0 amide bonds. The van der Waals surface area contributed by atoms with Crippen molar-refractivity contribution in [1.82, 2.24) is 5.16 Å². The molecule has 2 aromatic heterocycles. The van der Waals surface area contributed by atoms with Gasteiger partial charge in [0.25, 0.3) is 0 Å². The number of benzene rings is 1. The Morgan fingerprint density at radius 2 is 2.15 bits per heavy atom. The number of carbonyl (C=O) groups excluding carboxylic acids is 1. The third-order valence-corrected chi connectivity index (χ3v) is 3.00. The molecule has 0 atom stereocenters. The first-order chi connectivity index (χ1) is 9.70. The first-order valence-electron chi connectivity index (χ1n) is 6.33. The highest BCUT2D eigenvalue weighted by Gasteiger charge is 2.24. The third kappa shape index (κ3) is 1.97. The molecule has 0 aliphatic heterocycles. The molecule has 0 unspecified atom stereocenters. The van der Waals surface area contributed by atoms with Crippen LogP contribution in [0.2, 0.25) is 0 Å². The summed E-state index contributed by atoms with van der Waals surface area (Å²) >= 11 is 0. The number of para-hydroxylation sites is 1. The summed E-state index contributed by atoms with van der Waals surface area (Å²) in [6.07, 6.45) is 0. The van der Waals surface area contributed by atoms with Crippen LogP contribution in [0.4, 0.5) is 0 Å². The molecule has 2 heterocycles. The fraction of sp³-hybridized carbons (Fsp3) is 0.200. The minimum absolute atomic E-state index is 0.295. The maximum absolute atomic E-state index is 12.0. The molecular formula is C15H13NO4. The van der Waals surface area contributed by atoms with Gasteiger partial charge in [-0.3, -0.25) is 0 Å². The number of nitrogens with zero attached hydrogens (tertiary/aromatic N) is 1. The molecule has 0 saturated heterocycles. The van der Waals surface area contributed by atoms with Crippen molar-refractivity contribution in [2.45, 2.75) is 13.8 Å². The van der Waals surface area contributed by atoms with E-state index in [2.05, 4.69) is 5.16 Å². The predicted molar refractivity (Wildman–Crippen MR) is 72.4 cm³/mol. The Morgan fingerprint density at radius 3 is 2.90 bits per heavy atom. The molecule has 5 heteroatoms. The SMILES string of the molecule is CCOC(=O)c1c(-c2cc3ccccc3o2)noc1C. The van der Waals surface area contributed by atoms with Gasteiger partial charge in [-0.05, 0) is 26.0 Å². The highest BCUT2D eigenvalue weighted by Crippen LogP contribution is 2.31. The molecule has 3 rings (SSSR count). The lowest BCUT2D eigenvalue weighted by Crippen LogP contribution is -2.06. The second-order valence-corrected chi connectivity index (χ2v) is 4.33. The van der Waals surface area contributed by atoms with Crippen molar-refractivity contribution < 1.29 is 18.5 Å². The van der Waals surface area contributed by atoms with E-state index in [0.717, 1.165) is 11.0 Å². The van der Waals surface area contributed by atoms with Gasteiger partial charge in [0.1, 0.15) is 16.9 Å². The second-order valence-electron chi connectivity index (χ2n) is 4.33. The predicted octanol–water partition coefficient (Wildman–Crippen LogP) is 3.57. The lowest BCUT2D eigenvalue weighted by molar-refractivity contribution is 0.0525. The van der Waals surface area contributed by atoms with E-state index in [1.165, 1.54) is 0 Å². The van der Waals surface area contributed by atoms with Gasteiger partial charge in [-0.2, -0.15) is 0 Å². The average Bonchev–Trinajstić information content (AvgIpc) is 3.01. The van der Waals surface area contributed by atoms with Crippen molar-refractivity contribution in [2.75, 3.05) is 6.61 Å². The number of carbonyl (C=O) groups is 1. The summed E-state index contributed by atoms with van der Waals surface area (Å²) in [5.74, 6) is 0.451. The molecule has 102 valence electrons. The number of fused-ring (bicyclic) bond motifs is 1. The molecule has 0 N–H and O–H groups in total. The van der Waals surface area contributed by atoms with Crippen LogP contribution >= 0.6 is 0 Å². The zero-order chi connectivity index (χ0) is 14.1. The Morgan fingerprint density at radius 1 is 1.35 bits per heavy atom. The lowest BCUT2D eigenvalue weighted by atomic mass is 10.1. The van der Waals surface area contributed by atoms with E-state index in [9.17, 15) is 4.79 Å². The fourth-order valence-electron chi connectivity index (χ4n) is 2.08. The zero-order valence-electron chi connectivity index (χ0n) is 11.2. The van der Waals surface area contributed by atoms with Gasteiger partial charge in [-0.1, -0.05) is 23.4 Å². The third-order valence-electron chi connectivity index (χ3n) is 3.00. The summed E-state index contributed by atoms with van der Waals surface area (Å²) in [6.45, 7) is 3.72. The second kappa shape index (κ2) is 4.85. The molecule has 0 spiro atoms. The van der Waals surface area contributed by atoms with E-state index >= 15 is 0 Å². The topological polar surface area (TPSA) is 65.5 Å². The van der Waals surface area contributed by atoms with E-state index < -0.39 is 5.97 Å². The molecule has 0 bridgehead atoms. The van der Waals surface area contributed by atoms with Gasteiger partial charge in [0.15, 0.2) is 11.5 Å². The van der Waals surface area contributed by atoms with E-state index in [1.54, 1.807) is 13.8 Å². The van der Waals surface area contributed by atoms with Crippen molar-refractivity contribution >= 4 is 16.9 Å². The molecule has 0 radical (unpaired) electrons. The van der Waals surface area contributed by atoms with E-state index in [0.29, 0.717) is 29.4 Å². The van der Waals surface area contributed by atoms with Crippen LogP contribution < -0.4 is 0 Å². The Balaban J connectivity index is 2.12. The van der Waals surface area contributed by atoms with Crippen LogP contribution in [-0.4, -0.2) is 17.7 Å². The zero-order valence-corrected chi connectivity index (χ0v) is 11.2. The monoisotopic (exact) mass is 271 g/mol. The maximum atomic E-state index is 12.0. The summed E-state index contributed by atoms with van der Waals surface area (Å²) in [5.41, 5.74) is 1.42. The number of rotatable bonds is 3.